The first-order valence-corrected chi connectivity index (χ1v) is 30.4. The third kappa shape index (κ3) is 8.81. The molecular weight excluding hydrogens is 1050 g/mol. The molecule has 0 radical (unpaired) electrons. The van der Waals surface area contributed by atoms with Crippen molar-refractivity contribution in [1.82, 2.24) is 0 Å². The summed E-state index contributed by atoms with van der Waals surface area (Å²) < 4.78 is 45.4. The van der Waals surface area contributed by atoms with Crippen molar-refractivity contribution >= 4 is 47.8 Å². The molecule has 16 heteroatoms. The van der Waals surface area contributed by atoms with Crippen LogP contribution in [0.1, 0.15) is 174 Å². The van der Waals surface area contributed by atoms with E-state index in [0.29, 0.717) is 34.8 Å². The van der Waals surface area contributed by atoms with Crippen LogP contribution in [0.2, 0.25) is 0 Å². The third-order valence-corrected chi connectivity index (χ3v) is 24.4. The molecule has 20 atom stereocenters. The summed E-state index contributed by atoms with van der Waals surface area (Å²) in [5.41, 5.74) is -0.535. The molecule has 0 aromatic rings. The Morgan fingerprint density at radius 3 is 1.10 bits per heavy atom. The molecule has 16 rings (SSSR count). The predicted molar refractivity (Wildman–Crippen MR) is 300 cm³/mol. The highest BCUT2D eigenvalue weighted by Crippen LogP contribution is 2.71. The summed E-state index contributed by atoms with van der Waals surface area (Å²) >= 11 is 0. The van der Waals surface area contributed by atoms with Crippen molar-refractivity contribution in [2.75, 3.05) is 0 Å². The number of carbonyl (C=O) groups excluding carboxylic acids is 8. The Kier molecular flexibility index (Phi) is 15.5. The van der Waals surface area contributed by atoms with Crippen LogP contribution in [0.25, 0.3) is 0 Å². The third-order valence-electron chi connectivity index (χ3n) is 24.4. The SMILES string of the molecule is C=C(C)C(=O)OC1C2OC(=O)C3CC1(C(C)C)CCC32C.C=C(C)C(=O)OC1C2OC(=O)C3CC1(C)CCC32C(C)C.C=CC(=O)OC1C2OC(=O)C3CC1(C(C)C)CCC32C.C=CC(=O)OC1C2OC(=O)C3CC1(C)CCC32C(C)C. The van der Waals surface area contributed by atoms with Gasteiger partial charge >= 0.3 is 47.8 Å². The second kappa shape index (κ2) is 20.8. The van der Waals surface area contributed by atoms with Crippen LogP contribution in [0.3, 0.4) is 0 Å². The molecule has 4 aliphatic heterocycles. The van der Waals surface area contributed by atoms with E-state index in [1.807, 2.05) is 0 Å². The molecule has 0 N–H and O–H groups in total. The summed E-state index contributed by atoms with van der Waals surface area (Å²) in [7, 11) is 0. The fraction of sp³-hybridized carbons (Fsp3) is 0.758. The Morgan fingerprint density at radius 1 is 0.439 bits per heavy atom. The van der Waals surface area contributed by atoms with Crippen LogP contribution in [0.5, 0.6) is 0 Å². The molecule has 16 aliphatic rings. The van der Waals surface area contributed by atoms with Crippen molar-refractivity contribution in [3.8, 4) is 0 Å². The molecule has 452 valence electrons. The largest absolute Gasteiger partial charge is 0.458 e. The Hall–Kier alpha value is -5.28. The molecule has 16 bridgehead atoms. The molecule has 4 heterocycles. The van der Waals surface area contributed by atoms with Crippen molar-refractivity contribution in [2.24, 2.45) is 90.7 Å². The minimum Gasteiger partial charge on any atom is -0.458 e. The minimum absolute atomic E-state index is 0.0371. The Bertz CT molecular complexity index is 2740. The fourth-order valence-electron chi connectivity index (χ4n) is 18.8. The van der Waals surface area contributed by atoms with Crippen LogP contribution in [-0.2, 0) is 76.3 Å². The van der Waals surface area contributed by atoms with Gasteiger partial charge in [-0.15, -0.1) is 0 Å². The van der Waals surface area contributed by atoms with Gasteiger partial charge in [-0.25, -0.2) is 19.2 Å². The normalized spacial score (nSPS) is 44.6. The molecule has 20 unspecified atom stereocenters. The van der Waals surface area contributed by atoms with Crippen LogP contribution in [0.15, 0.2) is 49.6 Å². The van der Waals surface area contributed by atoms with Crippen LogP contribution in [0.4, 0.5) is 0 Å². The maximum Gasteiger partial charge on any atom is 0.333 e. The average Bonchev–Trinajstić information content (AvgIpc) is 2.40. The van der Waals surface area contributed by atoms with E-state index in [0.717, 1.165) is 77.0 Å². The summed E-state index contributed by atoms with van der Waals surface area (Å²) in [6.45, 7) is 43.1. The molecule has 12 aliphatic carbocycles. The molecule has 12 saturated carbocycles. The van der Waals surface area contributed by atoms with E-state index in [1.54, 1.807) is 13.8 Å². The van der Waals surface area contributed by atoms with E-state index < -0.39 is 11.9 Å². The second-order valence-electron chi connectivity index (χ2n) is 29.4. The van der Waals surface area contributed by atoms with Gasteiger partial charge in [-0.3, -0.25) is 19.2 Å². The summed E-state index contributed by atoms with van der Waals surface area (Å²) in [5, 5.41) is 0. The smallest absolute Gasteiger partial charge is 0.333 e. The van der Waals surface area contributed by atoms with E-state index in [-0.39, 0.29) is 152 Å². The summed E-state index contributed by atoms with van der Waals surface area (Å²) in [6, 6.07) is 0. The highest BCUT2D eigenvalue weighted by atomic mass is 16.6. The van der Waals surface area contributed by atoms with E-state index in [2.05, 4.69) is 109 Å². The number of ether oxygens (including phenoxy) is 8. The Morgan fingerprint density at radius 2 is 0.756 bits per heavy atom. The quantitative estimate of drug-likeness (QED) is 0.101. The lowest BCUT2D eigenvalue weighted by atomic mass is 9.45. The molecule has 82 heavy (non-hydrogen) atoms. The first-order chi connectivity index (χ1) is 38.1. The van der Waals surface area contributed by atoms with Crippen molar-refractivity contribution in [2.45, 2.75) is 223 Å². The van der Waals surface area contributed by atoms with Gasteiger partial charge in [0.15, 0.2) is 0 Å². The molecule has 0 aromatic carbocycles. The second-order valence-corrected chi connectivity index (χ2v) is 29.4. The number of fused-ring (bicyclic) bond motifs is 4. The standard InChI is InChI=1S/2C17H24O4.2C16H22O4/c1-9(2)14(18)21-13-12-16(5)6-7-17(13,10(3)4)8-11(16)15(19)20-12;1-9(2)14(18)20-12-13-17(10(3)4)7-6-16(12,5)8-11(17)15(19)21-13;1-5-11(17)19-13-12-15(4)6-7-16(13,9(2)3)8-10(15)14(18)20-12;1-5-11(17)19-12-13-16(9(2)3)7-6-15(12,4)8-10(16)14(18)20-13/h2*10-13H,1,6-8H2,2-5H3;2*5,9-10,12-13H,1,6-8H2,2-4H3. The van der Waals surface area contributed by atoms with Gasteiger partial charge in [0.1, 0.15) is 48.8 Å². The van der Waals surface area contributed by atoms with E-state index in [9.17, 15) is 38.4 Å². The van der Waals surface area contributed by atoms with Crippen molar-refractivity contribution in [3.05, 3.63) is 49.6 Å². The molecule has 0 amide bonds. The minimum atomic E-state index is -0.429. The Labute approximate surface area is 485 Å². The van der Waals surface area contributed by atoms with Gasteiger partial charge in [-0.1, -0.05) is 109 Å². The number of hydrogen-bond donors (Lipinski definition) is 0. The van der Waals surface area contributed by atoms with Gasteiger partial charge in [0, 0.05) is 66.6 Å². The summed E-state index contributed by atoms with van der Waals surface area (Å²) in [6.07, 6.45) is 10.7. The predicted octanol–water partition coefficient (Wildman–Crippen LogP) is 10.7. The highest BCUT2D eigenvalue weighted by molar-refractivity contribution is 5.88. The number of carbonyl (C=O) groups is 8. The van der Waals surface area contributed by atoms with Gasteiger partial charge in [0.25, 0.3) is 0 Å². The first-order valence-electron chi connectivity index (χ1n) is 30.4. The van der Waals surface area contributed by atoms with Crippen LogP contribution in [0, 0.1) is 90.7 Å². The van der Waals surface area contributed by atoms with E-state index >= 15 is 0 Å². The zero-order chi connectivity index (χ0) is 60.6. The number of hydrogen-bond acceptors (Lipinski definition) is 16. The molecule has 16 nitrogen and oxygen atoms in total. The zero-order valence-corrected chi connectivity index (χ0v) is 51.2. The van der Waals surface area contributed by atoms with E-state index in [4.69, 9.17) is 37.9 Å². The lowest BCUT2D eigenvalue weighted by Crippen LogP contribution is -2.63. The molecular formula is C66H92O16. The molecule has 4 saturated heterocycles. The van der Waals surface area contributed by atoms with Gasteiger partial charge < -0.3 is 37.9 Å². The van der Waals surface area contributed by atoms with Crippen molar-refractivity contribution < 1.29 is 76.3 Å². The van der Waals surface area contributed by atoms with Crippen molar-refractivity contribution in [3.63, 3.8) is 0 Å². The lowest BCUT2D eigenvalue weighted by Gasteiger charge is -2.59. The Balaban J connectivity index is 0.000000132. The summed E-state index contributed by atoms with van der Waals surface area (Å²) in [5.74, 6) is -0.865. The highest BCUT2D eigenvalue weighted by Gasteiger charge is 2.76. The van der Waals surface area contributed by atoms with Gasteiger partial charge in [-0.2, -0.15) is 0 Å². The molecule has 16 fully saturated rings. The maximum atomic E-state index is 12.3. The van der Waals surface area contributed by atoms with Crippen LogP contribution >= 0.6 is 0 Å². The van der Waals surface area contributed by atoms with Crippen LogP contribution in [-0.4, -0.2) is 96.6 Å². The van der Waals surface area contributed by atoms with Crippen LogP contribution < -0.4 is 0 Å². The van der Waals surface area contributed by atoms with Gasteiger partial charge in [-0.05, 0) is 115 Å². The molecule has 0 spiro atoms. The van der Waals surface area contributed by atoms with Crippen molar-refractivity contribution in [1.29, 1.82) is 0 Å². The lowest BCUT2D eigenvalue weighted by molar-refractivity contribution is -0.212. The fourth-order valence-corrected chi connectivity index (χ4v) is 18.8. The number of esters is 8. The summed E-state index contributed by atoms with van der Waals surface area (Å²) in [4.78, 5) is 96.2. The zero-order valence-electron chi connectivity index (χ0n) is 51.2. The van der Waals surface area contributed by atoms with Gasteiger partial charge in [0.2, 0.25) is 0 Å². The first kappa shape index (κ1) is 61.3. The average molecular weight is 1140 g/mol. The van der Waals surface area contributed by atoms with Gasteiger partial charge in [0.05, 0.1) is 23.7 Å². The molecule has 0 aromatic heterocycles. The monoisotopic (exact) mass is 1140 g/mol. The number of rotatable bonds is 12. The topological polar surface area (TPSA) is 210 Å². The van der Waals surface area contributed by atoms with E-state index in [1.165, 1.54) is 12.2 Å². The maximum absolute atomic E-state index is 12.3.